The van der Waals surface area contributed by atoms with Crippen LogP contribution < -0.4 is 9.64 Å². The number of carbonyl (C=O) groups excluding carboxylic acids is 3. The molecule has 0 saturated carbocycles. The molecular weight excluding hydrogens is 499 g/mol. The molecule has 0 unspecified atom stereocenters. The van der Waals surface area contributed by atoms with Crippen molar-refractivity contribution in [3.8, 4) is 5.75 Å². The van der Waals surface area contributed by atoms with Gasteiger partial charge in [0, 0.05) is 5.56 Å². The lowest BCUT2D eigenvalue weighted by Crippen LogP contribution is -2.29. The van der Waals surface area contributed by atoms with E-state index < -0.39 is 35.3 Å². The zero-order valence-electron chi connectivity index (χ0n) is 20.3. The van der Waals surface area contributed by atoms with Crippen molar-refractivity contribution in [3.63, 3.8) is 0 Å². The first-order valence-corrected chi connectivity index (χ1v) is 12.0. The molecule has 1 aliphatic heterocycles. The quantitative estimate of drug-likeness (QED) is 0.155. The number of carbonyl (C=O) groups is 3. The van der Waals surface area contributed by atoms with Crippen LogP contribution in [0, 0.1) is 19.7 Å². The monoisotopic (exact) mass is 522 g/mol. The van der Waals surface area contributed by atoms with Gasteiger partial charge in [0.25, 0.3) is 5.78 Å². The van der Waals surface area contributed by atoms with Gasteiger partial charge in [0.2, 0.25) is 0 Å². The van der Waals surface area contributed by atoms with Crippen LogP contribution in [0.5, 0.6) is 5.75 Å². The van der Waals surface area contributed by atoms with Crippen LogP contribution in [-0.4, -0.2) is 41.5 Å². The molecule has 2 heterocycles. The molecule has 1 N–H and O–H groups in total. The minimum absolute atomic E-state index is 0.00713. The first-order chi connectivity index (χ1) is 17.7. The number of hydrogen-bond donors (Lipinski definition) is 1. The third-order valence-electron chi connectivity index (χ3n) is 5.83. The van der Waals surface area contributed by atoms with Crippen molar-refractivity contribution >= 4 is 39.9 Å². The third kappa shape index (κ3) is 4.75. The number of benzene rings is 2. The Labute approximate surface area is 216 Å². The van der Waals surface area contributed by atoms with Gasteiger partial charge in [-0.15, -0.1) is 0 Å². The molecule has 0 aliphatic carbocycles. The number of halogens is 1. The molecule has 1 aromatic heterocycles. The van der Waals surface area contributed by atoms with E-state index in [1.807, 2.05) is 0 Å². The minimum atomic E-state index is -1.12. The number of rotatable bonds is 7. The highest BCUT2D eigenvalue weighted by Gasteiger charge is 2.48. The molecule has 1 amide bonds. The summed E-state index contributed by atoms with van der Waals surface area (Å²) < 4.78 is 24.1. The van der Waals surface area contributed by atoms with Crippen molar-refractivity contribution < 1.29 is 33.4 Å². The van der Waals surface area contributed by atoms with Crippen molar-refractivity contribution in [3.05, 3.63) is 93.8 Å². The summed E-state index contributed by atoms with van der Waals surface area (Å²) >= 11 is 0.878. The summed E-state index contributed by atoms with van der Waals surface area (Å²) in [6.45, 7) is 6.81. The molecule has 0 spiro atoms. The summed E-state index contributed by atoms with van der Waals surface area (Å²) in [6, 6.07) is 9.00. The summed E-state index contributed by atoms with van der Waals surface area (Å²) in [5, 5.41) is 11.4. The fraction of sp³-hybridized carbons (Fsp3) is 0.185. The van der Waals surface area contributed by atoms with E-state index in [-0.39, 0.29) is 22.2 Å². The van der Waals surface area contributed by atoms with Crippen molar-refractivity contribution in [2.75, 3.05) is 18.6 Å². The first-order valence-electron chi connectivity index (χ1n) is 11.1. The van der Waals surface area contributed by atoms with E-state index in [4.69, 9.17) is 9.47 Å². The Hall–Kier alpha value is -4.31. The van der Waals surface area contributed by atoms with Crippen LogP contribution in [0.2, 0.25) is 0 Å². The molecule has 1 saturated heterocycles. The fourth-order valence-corrected chi connectivity index (χ4v) is 5.03. The summed E-state index contributed by atoms with van der Waals surface area (Å²) in [7, 11) is 1.51. The summed E-state index contributed by atoms with van der Waals surface area (Å²) in [6.07, 6.45) is 1.42. The zero-order valence-corrected chi connectivity index (χ0v) is 21.1. The van der Waals surface area contributed by atoms with Crippen LogP contribution in [0.4, 0.5) is 9.52 Å². The topological polar surface area (TPSA) is 106 Å². The molecule has 37 heavy (non-hydrogen) atoms. The average molecular weight is 523 g/mol. The second-order valence-electron chi connectivity index (χ2n) is 8.20. The van der Waals surface area contributed by atoms with Crippen LogP contribution in [0.15, 0.2) is 60.7 Å². The first kappa shape index (κ1) is 25.8. The number of aliphatic hydroxyl groups is 1. The largest absolute Gasteiger partial charge is 0.507 e. The smallest absolute Gasteiger partial charge is 0.350 e. The number of anilines is 1. The Bertz CT molecular complexity index is 1440. The van der Waals surface area contributed by atoms with E-state index in [9.17, 15) is 23.9 Å². The normalized spacial score (nSPS) is 16.6. The van der Waals surface area contributed by atoms with E-state index in [1.165, 1.54) is 37.5 Å². The number of aromatic nitrogens is 1. The van der Waals surface area contributed by atoms with E-state index >= 15 is 0 Å². The number of ketones is 1. The number of esters is 1. The number of aryl methyl sites for hydroxylation is 2. The highest BCUT2D eigenvalue weighted by atomic mass is 32.1. The predicted octanol–water partition coefficient (Wildman–Crippen LogP) is 4.88. The number of ether oxygens (including phenoxy) is 2. The van der Waals surface area contributed by atoms with Gasteiger partial charge >= 0.3 is 11.9 Å². The van der Waals surface area contributed by atoms with E-state index in [1.54, 1.807) is 32.0 Å². The Morgan fingerprint density at radius 2 is 1.92 bits per heavy atom. The second-order valence-corrected chi connectivity index (χ2v) is 9.18. The van der Waals surface area contributed by atoms with Crippen molar-refractivity contribution in [2.24, 2.45) is 0 Å². The fourth-order valence-electron chi connectivity index (χ4n) is 4.04. The highest BCUT2D eigenvalue weighted by molar-refractivity contribution is 7.17. The lowest BCUT2D eigenvalue weighted by Gasteiger charge is -2.23. The molecule has 10 heteroatoms. The molecule has 1 atom stereocenters. The number of hydrogen-bond acceptors (Lipinski definition) is 8. The molecule has 0 bridgehead atoms. The van der Waals surface area contributed by atoms with Gasteiger partial charge in [-0.2, -0.15) is 0 Å². The lowest BCUT2D eigenvalue weighted by atomic mass is 9.94. The minimum Gasteiger partial charge on any atom is -0.507 e. The SMILES string of the molecule is C=CCOC(=O)c1sc(N2C(=O)C(=O)/C(=C(/O)c3ccc(OC)cc3C)[C@@H]2c2ccc(F)cc2)nc1C. The van der Waals surface area contributed by atoms with Crippen LogP contribution in [0.1, 0.15) is 38.1 Å². The Kier molecular flexibility index (Phi) is 7.21. The molecule has 0 radical (unpaired) electrons. The Balaban J connectivity index is 1.89. The summed E-state index contributed by atoms with van der Waals surface area (Å²) in [5.74, 6) is -2.88. The molecule has 3 aromatic rings. The van der Waals surface area contributed by atoms with Crippen LogP contribution in [0.3, 0.4) is 0 Å². The number of nitrogens with zero attached hydrogens (tertiary/aromatic N) is 2. The van der Waals surface area contributed by atoms with Gasteiger partial charge in [-0.3, -0.25) is 14.5 Å². The maximum Gasteiger partial charge on any atom is 0.350 e. The highest BCUT2D eigenvalue weighted by Crippen LogP contribution is 2.44. The number of thiazole rings is 1. The lowest BCUT2D eigenvalue weighted by molar-refractivity contribution is -0.132. The molecule has 4 rings (SSSR count). The van der Waals surface area contributed by atoms with Crippen LogP contribution in [0.25, 0.3) is 5.76 Å². The number of amides is 1. The van der Waals surface area contributed by atoms with Crippen LogP contribution >= 0.6 is 11.3 Å². The van der Waals surface area contributed by atoms with Gasteiger partial charge in [-0.1, -0.05) is 36.1 Å². The van der Waals surface area contributed by atoms with Gasteiger partial charge in [0.15, 0.2) is 5.13 Å². The Morgan fingerprint density at radius 3 is 2.54 bits per heavy atom. The summed E-state index contributed by atoms with van der Waals surface area (Å²) in [4.78, 5) is 44.7. The number of aliphatic hydroxyl groups excluding tert-OH is 1. The maximum absolute atomic E-state index is 13.7. The average Bonchev–Trinajstić information content (AvgIpc) is 3.39. The molecule has 8 nitrogen and oxygen atoms in total. The van der Waals surface area contributed by atoms with Gasteiger partial charge < -0.3 is 14.6 Å². The zero-order chi connectivity index (χ0) is 26.9. The molecule has 2 aromatic carbocycles. The molecular formula is C27H23FN2O6S. The van der Waals surface area contributed by atoms with Crippen molar-refractivity contribution in [1.82, 2.24) is 4.98 Å². The number of methoxy groups -OCH3 is 1. The third-order valence-corrected chi connectivity index (χ3v) is 6.96. The van der Waals surface area contributed by atoms with Crippen LogP contribution in [-0.2, 0) is 14.3 Å². The molecule has 190 valence electrons. The van der Waals surface area contributed by atoms with Gasteiger partial charge in [-0.05, 0) is 55.3 Å². The number of Topliss-reactive ketones (excluding diaryl/α,β-unsaturated/α-hetero) is 1. The summed E-state index contributed by atoms with van der Waals surface area (Å²) in [5.41, 5.74) is 1.43. The van der Waals surface area contributed by atoms with Gasteiger partial charge in [-0.25, -0.2) is 14.2 Å². The second kappa shape index (κ2) is 10.4. The van der Waals surface area contributed by atoms with Crippen molar-refractivity contribution in [2.45, 2.75) is 19.9 Å². The molecule has 1 aliphatic rings. The Morgan fingerprint density at radius 1 is 1.22 bits per heavy atom. The van der Waals surface area contributed by atoms with Crippen molar-refractivity contribution in [1.29, 1.82) is 0 Å². The standard InChI is InChI=1S/C27H23FN2O6S/c1-5-12-36-26(34)24-15(3)29-27(37-24)30-21(16-6-8-17(28)9-7-16)20(23(32)25(30)33)22(31)19-11-10-18(35-4)13-14(19)2/h5-11,13,21,31H,1,12H2,2-4H3/b22-20+/t21-/m0/s1. The van der Waals surface area contributed by atoms with E-state index in [0.717, 1.165) is 16.2 Å². The van der Waals surface area contributed by atoms with E-state index in [2.05, 4.69) is 11.6 Å². The maximum atomic E-state index is 13.7. The molecule has 1 fully saturated rings. The van der Waals surface area contributed by atoms with Gasteiger partial charge in [0.1, 0.15) is 28.8 Å². The van der Waals surface area contributed by atoms with E-state index in [0.29, 0.717) is 28.1 Å². The van der Waals surface area contributed by atoms with Gasteiger partial charge in [0.05, 0.1) is 24.4 Å². The predicted molar refractivity (Wildman–Crippen MR) is 136 cm³/mol.